The second-order valence-electron chi connectivity index (χ2n) is 10.1. The number of carbonyl (C=O) groups is 1. The maximum Gasteiger partial charge on any atom is 0.300 e. The fourth-order valence-corrected chi connectivity index (χ4v) is 5.46. The average molecular weight is 622 g/mol. The Morgan fingerprint density at radius 3 is 2.58 bits per heavy atom. The quantitative estimate of drug-likeness (QED) is 0.231. The van der Waals surface area contributed by atoms with Gasteiger partial charge in [0, 0.05) is 49.6 Å². The third-order valence-corrected chi connectivity index (χ3v) is 8.05. The average Bonchev–Trinajstić information content (AvgIpc) is 3.62. The van der Waals surface area contributed by atoms with Crippen molar-refractivity contribution in [2.75, 3.05) is 11.8 Å². The minimum Gasteiger partial charge on any atom is -0.344 e. The number of nitrogens with zero attached hydrogens (tertiary/aromatic N) is 6. The van der Waals surface area contributed by atoms with Crippen LogP contribution in [0.1, 0.15) is 40.1 Å². The lowest BCUT2D eigenvalue weighted by Gasteiger charge is -2.21. The van der Waals surface area contributed by atoms with Crippen molar-refractivity contribution in [1.29, 1.82) is 0 Å². The van der Waals surface area contributed by atoms with Gasteiger partial charge in [0.05, 0.1) is 23.2 Å². The third kappa shape index (κ3) is 5.77. The molecule has 6 rings (SSSR count). The van der Waals surface area contributed by atoms with E-state index < -0.39 is 22.2 Å². The first-order chi connectivity index (χ1) is 21.6. The van der Waals surface area contributed by atoms with Crippen molar-refractivity contribution in [1.82, 2.24) is 39.0 Å². The summed E-state index contributed by atoms with van der Waals surface area (Å²) >= 11 is 0. The lowest BCUT2D eigenvalue weighted by molar-refractivity contribution is 0.0941. The highest BCUT2D eigenvalue weighted by Gasteiger charge is 2.26. The molecule has 0 aliphatic heterocycles. The Balaban J connectivity index is 1.46. The zero-order chi connectivity index (χ0) is 31.7. The van der Waals surface area contributed by atoms with Crippen LogP contribution in [-0.2, 0) is 17.3 Å². The van der Waals surface area contributed by atoms with Gasteiger partial charge in [-0.2, -0.15) is 13.5 Å². The summed E-state index contributed by atoms with van der Waals surface area (Å²) < 4.78 is 33.5. The highest BCUT2D eigenvalue weighted by molar-refractivity contribution is 7.90. The molecule has 0 spiro atoms. The van der Waals surface area contributed by atoms with Gasteiger partial charge in [0.2, 0.25) is 0 Å². The lowest BCUT2D eigenvalue weighted by atomic mass is 10.0. The van der Waals surface area contributed by atoms with Crippen LogP contribution >= 0.6 is 0 Å². The number of rotatable bonds is 7. The highest BCUT2D eigenvalue weighted by Crippen LogP contribution is 2.25. The molecule has 14 heteroatoms. The molecule has 0 saturated heterocycles. The molecule has 1 unspecified atom stereocenters. The van der Waals surface area contributed by atoms with Gasteiger partial charge < -0.3 is 5.32 Å². The molecule has 4 heterocycles. The van der Waals surface area contributed by atoms with E-state index in [0.29, 0.717) is 33.3 Å². The van der Waals surface area contributed by atoms with Gasteiger partial charge in [0.15, 0.2) is 11.5 Å². The minimum atomic E-state index is -4.00. The van der Waals surface area contributed by atoms with Gasteiger partial charge in [-0.05, 0) is 42.6 Å². The number of hydrogen-bond acceptors (Lipinski definition) is 7. The van der Waals surface area contributed by atoms with E-state index in [2.05, 4.69) is 41.8 Å². The summed E-state index contributed by atoms with van der Waals surface area (Å²) in [6.07, 6.45) is 6.46. The van der Waals surface area contributed by atoms with Gasteiger partial charge in [0.1, 0.15) is 5.56 Å². The smallest absolute Gasteiger partial charge is 0.300 e. The van der Waals surface area contributed by atoms with E-state index in [1.54, 1.807) is 66.1 Å². The van der Waals surface area contributed by atoms with Crippen LogP contribution in [0.5, 0.6) is 0 Å². The molecule has 0 radical (unpaired) electrons. The molecular weight excluding hydrogens is 594 g/mol. The molecule has 1 atom stereocenters. The van der Waals surface area contributed by atoms with Gasteiger partial charge in [-0.15, -0.1) is 5.10 Å². The maximum absolute atomic E-state index is 14.3. The topological polar surface area (TPSA) is 157 Å². The van der Waals surface area contributed by atoms with Crippen molar-refractivity contribution in [2.45, 2.75) is 13.0 Å². The van der Waals surface area contributed by atoms with Crippen LogP contribution in [0.3, 0.4) is 0 Å². The van der Waals surface area contributed by atoms with Gasteiger partial charge >= 0.3 is 0 Å². The Morgan fingerprint density at radius 1 is 1.04 bits per heavy atom. The number of aryl methyl sites for hydroxylation is 1. The van der Waals surface area contributed by atoms with E-state index in [9.17, 15) is 18.0 Å². The number of aromatic nitrogens is 6. The van der Waals surface area contributed by atoms with Crippen molar-refractivity contribution in [3.05, 3.63) is 118 Å². The van der Waals surface area contributed by atoms with Crippen molar-refractivity contribution in [3.8, 4) is 17.5 Å². The van der Waals surface area contributed by atoms with E-state index >= 15 is 0 Å². The Morgan fingerprint density at radius 2 is 1.84 bits per heavy atom. The number of anilines is 1. The summed E-state index contributed by atoms with van der Waals surface area (Å²) in [5.74, 6) is 5.34. The number of nitrogens with one attached hydrogen (secondary N) is 3. The summed E-state index contributed by atoms with van der Waals surface area (Å²) in [7, 11) is -0.965. The second kappa shape index (κ2) is 11.7. The molecule has 226 valence electrons. The van der Waals surface area contributed by atoms with Crippen LogP contribution in [0.4, 0.5) is 5.82 Å². The molecule has 2 aromatic carbocycles. The van der Waals surface area contributed by atoms with E-state index in [1.807, 2.05) is 36.4 Å². The number of benzene rings is 2. The Hall–Kier alpha value is -5.78. The summed E-state index contributed by atoms with van der Waals surface area (Å²) in [4.78, 5) is 32.3. The summed E-state index contributed by atoms with van der Waals surface area (Å²) in [5.41, 5.74) is 2.10. The molecule has 0 bridgehead atoms. The second-order valence-corrected chi connectivity index (χ2v) is 11.7. The van der Waals surface area contributed by atoms with E-state index in [1.165, 1.54) is 17.8 Å². The molecule has 0 saturated carbocycles. The Labute approximate surface area is 257 Å². The van der Waals surface area contributed by atoms with Crippen LogP contribution in [0.25, 0.3) is 22.1 Å². The van der Waals surface area contributed by atoms with Crippen molar-refractivity contribution >= 4 is 38.4 Å². The zero-order valence-electron chi connectivity index (χ0n) is 24.4. The van der Waals surface area contributed by atoms with Crippen LogP contribution < -0.4 is 20.3 Å². The van der Waals surface area contributed by atoms with Crippen LogP contribution in [-0.4, -0.2) is 50.3 Å². The van der Waals surface area contributed by atoms with Gasteiger partial charge in [-0.25, -0.2) is 14.2 Å². The van der Waals surface area contributed by atoms with Crippen molar-refractivity contribution < 1.29 is 13.2 Å². The standard InChI is InChI=1S/C31H27N9O4S/c1-20(35-30(41)27-28(37-45(43,44)32-2)36-39-16-8-15-33-29(27)39)25-17-23-10-7-9-22(14-13-21-18-34-38(3)19-21)26(23)31(42)40(25)24-11-5-4-6-12-24/h4-12,15-20,32H,1-3H3,(H,35,41)(H,36,37). The molecule has 3 N–H and O–H groups in total. The molecule has 0 fully saturated rings. The maximum atomic E-state index is 14.3. The normalized spacial score (nSPS) is 12.1. The Bertz CT molecular complexity index is 2310. The third-order valence-electron chi connectivity index (χ3n) is 7.05. The predicted octanol–water partition coefficient (Wildman–Crippen LogP) is 2.53. The molecule has 6 aromatic rings. The SMILES string of the molecule is CNS(=O)(=O)Nc1nn2cccnc2c1C(=O)NC(C)c1cc2cccc(C#Cc3cnn(C)c3)c2c(=O)n1-c1ccccc1. The van der Waals surface area contributed by atoms with Gasteiger partial charge in [-0.3, -0.25) is 23.6 Å². The van der Waals surface area contributed by atoms with E-state index in [4.69, 9.17) is 0 Å². The molecule has 4 aromatic heterocycles. The summed E-state index contributed by atoms with van der Waals surface area (Å²) in [6, 6.07) is 17.2. The van der Waals surface area contributed by atoms with Crippen LogP contribution in [0.2, 0.25) is 0 Å². The van der Waals surface area contributed by atoms with Crippen molar-refractivity contribution in [3.63, 3.8) is 0 Å². The minimum absolute atomic E-state index is 0.0800. The molecule has 0 aliphatic rings. The molecule has 1 amide bonds. The van der Waals surface area contributed by atoms with E-state index in [-0.39, 0.29) is 22.6 Å². The molecule has 13 nitrogen and oxygen atoms in total. The Kier molecular flexibility index (Phi) is 7.63. The molecule has 0 aliphatic carbocycles. The summed E-state index contributed by atoms with van der Waals surface area (Å²) in [5, 5.41) is 12.3. The number of carbonyl (C=O) groups excluding carboxylic acids is 1. The molecular formula is C31H27N9O4S. The summed E-state index contributed by atoms with van der Waals surface area (Å²) in [6.45, 7) is 1.74. The fourth-order valence-electron chi connectivity index (χ4n) is 4.96. The number of para-hydroxylation sites is 1. The first-order valence-electron chi connectivity index (χ1n) is 13.8. The van der Waals surface area contributed by atoms with E-state index in [0.717, 1.165) is 0 Å². The monoisotopic (exact) mass is 621 g/mol. The van der Waals surface area contributed by atoms with Crippen molar-refractivity contribution in [2.24, 2.45) is 7.05 Å². The number of amides is 1. The van der Waals surface area contributed by atoms with Gasteiger partial charge in [-0.1, -0.05) is 42.2 Å². The number of hydrogen-bond donors (Lipinski definition) is 3. The molecule has 45 heavy (non-hydrogen) atoms. The predicted molar refractivity (Wildman–Crippen MR) is 169 cm³/mol. The van der Waals surface area contributed by atoms with Crippen LogP contribution in [0.15, 0.2) is 90.2 Å². The number of pyridine rings is 1. The van der Waals surface area contributed by atoms with Crippen LogP contribution in [0, 0.1) is 11.8 Å². The zero-order valence-corrected chi connectivity index (χ0v) is 25.2. The highest BCUT2D eigenvalue weighted by atomic mass is 32.2. The van der Waals surface area contributed by atoms with Gasteiger partial charge in [0.25, 0.3) is 21.7 Å². The lowest BCUT2D eigenvalue weighted by Crippen LogP contribution is -2.33. The number of fused-ring (bicyclic) bond motifs is 2. The fraction of sp³-hybridized carbons (Fsp3) is 0.129. The first kappa shape index (κ1) is 29.3. The largest absolute Gasteiger partial charge is 0.344 e. The first-order valence-corrected chi connectivity index (χ1v) is 15.2.